The van der Waals surface area contributed by atoms with Gasteiger partial charge in [0.15, 0.2) is 0 Å². The van der Waals surface area contributed by atoms with E-state index in [1.54, 1.807) is 20.8 Å². The van der Waals surface area contributed by atoms with Crippen LogP contribution in [0.4, 0.5) is 4.79 Å². The Hall–Kier alpha value is -2.17. The van der Waals surface area contributed by atoms with Crippen molar-refractivity contribution in [2.45, 2.75) is 51.2 Å². The highest BCUT2D eigenvalue weighted by molar-refractivity contribution is 6.01. The monoisotopic (exact) mass is 315 g/mol. The lowest BCUT2D eigenvalue weighted by Gasteiger charge is -2.30. The highest BCUT2D eigenvalue weighted by Gasteiger charge is 2.55. The first kappa shape index (κ1) is 15.7. The normalized spacial score (nSPS) is 27.3. The van der Waals surface area contributed by atoms with Gasteiger partial charge in [0, 0.05) is 24.7 Å². The zero-order valence-electron chi connectivity index (χ0n) is 13.6. The Morgan fingerprint density at radius 1 is 1.09 bits per heavy atom. The molecule has 1 aromatic carbocycles. The van der Waals surface area contributed by atoms with E-state index in [1.165, 1.54) is 4.90 Å². The molecule has 0 bridgehead atoms. The molecule has 0 unspecified atom stereocenters. The third-order valence-electron chi connectivity index (χ3n) is 4.44. The Labute approximate surface area is 135 Å². The van der Waals surface area contributed by atoms with Crippen LogP contribution in [0.3, 0.4) is 0 Å². The number of Topliss-reactive ketones (excluding diaryl/α,β-unsaturated/α-hetero) is 1. The van der Waals surface area contributed by atoms with Gasteiger partial charge < -0.3 is 4.74 Å². The van der Waals surface area contributed by atoms with Crippen LogP contribution in [0.5, 0.6) is 0 Å². The Bertz CT molecular complexity index is 647. The van der Waals surface area contributed by atoms with Crippen LogP contribution >= 0.6 is 0 Å². The zero-order chi connectivity index (χ0) is 16.8. The Balaban J connectivity index is 1.93. The summed E-state index contributed by atoms with van der Waals surface area (Å²) in [7, 11) is 0. The maximum atomic E-state index is 12.5. The molecule has 1 saturated carbocycles. The molecule has 0 radical (unpaired) electrons. The van der Waals surface area contributed by atoms with Gasteiger partial charge in [-0.05, 0) is 26.3 Å². The zero-order valence-corrected chi connectivity index (χ0v) is 13.6. The second-order valence-electron chi connectivity index (χ2n) is 7.23. The minimum Gasteiger partial charge on any atom is -0.443 e. The standard InChI is InChI=1S/C18H21NO4/c1-18(2,3)23-17(22)19-15(21)10-13-14(20)9-12(16(13)19)11-7-5-4-6-8-11/h4-8,12-13,16H,9-10H2,1-3H3/t12-,13+,16-/m0/s1. The number of amides is 2. The summed E-state index contributed by atoms with van der Waals surface area (Å²) < 4.78 is 5.37. The lowest BCUT2D eigenvalue weighted by atomic mass is 9.92. The van der Waals surface area contributed by atoms with Crippen LogP contribution < -0.4 is 0 Å². The fourth-order valence-electron chi connectivity index (χ4n) is 3.56. The lowest BCUT2D eigenvalue weighted by molar-refractivity contribution is -0.129. The van der Waals surface area contributed by atoms with Crippen molar-refractivity contribution in [1.29, 1.82) is 0 Å². The van der Waals surface area contributed by atoms with E-state index in [1.807, 2.05) is 30.3 Å². The SMILES string of the molecule is CC(C)(C)OC(=O)N1C(=O)C[C@@H]2C(=O)C[C@@H](c3ccccc3)[C@@H]21. The molecular weight excluding hydrogens is 294 g/mol. The fraction of sp³-hybridized carbons (Fsp3) is 0.500. The summed E-state index contributed by atoms with van der Waals surface area (Å²) in [5.41, 5.74) is 0.303. The average molecular weight is 315 g/mol. The third kappa shape index (κ3) is 2.87. The number of hydrogen-bond donors (Lipinski definition) is 0. The number of carbonyl (C=O) groups excluding carboxylic acids is 3. The lowest BCUT2D eigenvalue weighted by Crippen LogP contribution is -2.44. The molecule has 1 aliphatic carbocycles. The highest BCUT2D eigenvalue weighted by atomic mass is 16.6. The molecule has 2 fully saturated rings. The van der Waals surface area contributed by atoms with Crippen LogP contribution in [0.2, 0.25) is 0 Å². The maximum absolute atomic E-state index is 12.5. The molecule has 3 atom stereocenters. The van der Waals surface area contributed by atoms with Gasteiger partial charge in [0.1, 0.15) is 11.4 Å². The summed E-state index contributed by atoms with van der Waals surface area (Å²) in [6.07, 6.45) is -0.177. The molecule has 2 aliphatic rings. The van der Waals surface area contributed by atoms with Crippen LogP contribution in [-0.2, 0) is 14.3 Å². The summed E-state index contributed by atoms with van der Waals surface area (Å²) in [6.45, 7) is 5.28. The molecule has 0 N–H and O–H groups in total. The van der Waals surface area contributed by atoms with Gasteiger partial charge in [0.25, 0.3) is 0 Å². The largest absolute Gasteiger partial charge is 0.443 e. The van der Waals surface area contributed by atoms with Gasteiger partial charge in [0.05, 0.1) is 6.04 Å². The van der Waals surface area contributed by atoms with Gasteiger partial charge in [-0.2, -0.15) is 0 Å². The first-order valence-electron chi connectivity index (χ1n) is 7.90. The van der Waals surface area contributed by atoms with Gasteiger partial charge in [-0.25, -0.2) is 9.69 Å². The van der Waals surface area contributed by atoms with Crippen LogP contribution in [0.1, 0.15) is 45.1 Å². The molecule has 2 amide bonds. The molecule has 1 aliphatic heterocycles. The topological polar surface area (TPSA) is 63.7 Å². The van der Waals surface area contributed by atoms with E-state index >= 15 is 0 Å². The molecule has 1 aromatic rings. The average Bonchev–Trinajstić information content (AvgIpc) is 2.95. The predicted molar refractivity (Wildman–Crippen MR) is 83.8 cm³/mol. The minimum absolute atomic E-state index is 0.0586. The molecule has 122 valence electrons. The molecule has 5 heteroatoms. The summed E-state index contributed by atoms with van der Waals surface area (Å²) in [4.78, 5) is 38.3. The van der Waals surface area contributed by atoms with Crippen molar-refractivity contribution in [2.75, 3.05) is 0 Å². The molecule has 1 saturated heterocycles. The molecule has 3 rings (SSSR count). The van der Waals surface area contributed by atoms with Crippen LogP contribution in [0.15, 0.2) is 30.3 Å². The molecule has 0 spiro atoms. The van der Waals surface area contributed by atoms with Gasteiger partial charge in [-0.15, -0.1) is 0 Å². The van der Waals surface area contributed by atoms with E-state index in [0.717, 1.165) is 5.56 Å². The predicted octanol–water partition coefficient (Wildman–Crippen LogP) is 2.90. The number of nitrogens with zero attached hydrogens (tertiary/aromatic N) is 1. The van der Waals surface area contributed by atoms with E-state index < -0.39 is 23.7 Å². The second kappa shape index (κ2) is 5.48. The summed E-state index contributed by atoms with van der Waals surface area (Å²) in [5.74, 6) is -0.806. The number of ketones is 1. The number of imide groups is 1. The molecular formula is C18H21NO4. The molecule has 23 heavy (non-hydrogen) atoms. The van der Waals surface area contributed by atoms with E-state index in [9.17, 15) is 14.4 Å². The van der Waals surface area contributed by atoms with Gasteiger partial charge in [0.2, 0.25) is 5.91 Å². The number of hydrogen-bond acceptors (Lipinski definition) is 4. The van der Waals surface area contributed by atoms with E-state index in [-0.39, 0.29) is 24.0 Å². The van der Waals surface area contributed by atoms with Gasteiger partial charge >= 0.3 is 6.09 Å². The maximum Gasteiger partial charge on any atom is 0.417 e. The van der Waals surface area contributed by atoms with Crippen molar-refractivity contribution < 1.29 is 19.1 Å². The number of rotatable bonds is 1. The van der Waals surface area contributed by atoms with Crippen molar-refractivity contribution in [3.63, 3.8) is 0 Å². The quantitative estimate of drug-likeness (QED) is 0.799. The van der Waals surface area contributed by atoms with E-state index in [2.05, 4.69) is 0 Å². The number of ether oxygens (including phenoxy) is 1. The minimum atomic E-state index is -0.680. The number of carbonyl (C=O) groups is 3. The Kier molecular flexibility index (Phi) is 3.74. The number of benzene rings is 1. The molecule has 0 aromatic heterocycles. The fourth-order valence-corrected chi connectivity index (χ4v) is 3.56. The number of fused-ring (bicyclic) bond motifs is 1. The Morgan fingerprint density at radius 2 is 1.74 bits per heavy atom. The smallest absolute Gasteiger partial charge is 0.417 e. The Morgan fingerprint density at radius 3 is 2.35 bits per heavy atom. The summed E-state index contributed by atoms with van der Waals surface area (Å²) >= 11 is 0. The highest BCUT2D eigenvalue weighted by Crippen LogP contribution is 2.45. The molecule has 5 nitrogen and oxygen atoms in total. The summed E-state index contributed by atoms with van der Waals surface area (Å²) in [6, 6.07) is 9.17. The van der Waals surface area contributed by atoms with Gasteiger partial charge in [-0.1, -0.05) is 30.3 Å². The van der Waals surface area contributed by atoms with Crippen LogP contribution in [0.25, 0.3) is 0 Å². The van der Waals surface area contributed by atoms with Crippen molar-refractivity contribution in [3.8, 4) is 0 Å². The summed E-state index contributed by atoms with van der Waals surface area (Å²) in [5, 5.41) is 0. The van der Waals surface area contributed by atoms with Crippen molar-refractivity contribution in [2.24, 2.45) is 5.92 Å². The van der Waals surface area contributed by atoms with Crippen LogP contribution in [-0.4, -0.2) is 34.3 Å². The van der Waals surface area contributed by atoms with E-state index in [4.69, 9.17) is 4.74 Å². The molecule has 1 heterocycles. The van der Waals surface area contributed by atoms with E-state index in [0.29, 0.717) is 6.42 Å². The first-order chi connectivity index (χ1) is 10.8. The third-order valence-corrected chi connectivity index (χ3v) is 4.44. The number of likely N-dealkylation sites (tertiary alicyclic amines) is 1. The van der Waals surface area contributed by atoms with Crippen LogP contribution in [0, 0.1) is 5.92 Å². The van der Waals surface area contributed by atoms with Gasteiger partial charge in [-0.3, -0.25) is 9.59 Å². The van der Waals surface area contributed by atoms with Crippen molar-refractivity contribution in [1.82, 2.24) is 4.90 Å². The first-order valence-corrected chi connectivity index (χ1v) is 7.90. The second-order valence-corrected chi connectivity index (χ2v) is 7.23. The van der Waals surface area contributed by atoms with Crippen molar-refractivity contribution >= 4 is 17.8 Å². The van der Waals surface area contributed by atoms with Crippen molar-refractivity contribution in [3.05, 3.63) is 35.9 Å².